The summed E-state index contributed by atoms with van der Waals surface area (Å²) in [5.74, 6) is -1.08. The van der Waals surface area contributed by atoms with Crippen LogP contribution in [0.1, 0.15) is 69.2 Å². The van der Waals surface area contributed by atoms with E-state index in [0.29, 0.717) is 18.8 Å². The van der Waals surface area contributed by atoms with Gasteiger partial charge in [-0.3, -0.25) is 0 Å². The molecule has 1 aliphatic heterocycles. The lowest BCUT2D eigenvalue weighted by atomic mass is 10.1. The maximum absolute atomic E-state index is 12.9. The average molecular weight is 397 g/mol. The van der Waals surface area contributed by atoms with Crippen LogP contribution in [-0.2, 0) is 10.0 Å². The Morgan fingerprint density at radius 2 is 1.67 bits per heavy atom. The molecule has 6 nitrogen and oxygen atoms in total. The van der Waals surface area contributed by atoms with Crippen LogP contribution in [0.3, 0.4) is 0 Å². The van der Waals surface area contributed by atoms with Crippen molar-refractivity contribution in [1.29, 1.82) is 0 Å². The molecule has 0 saturated carbocycles. The Hall–Kier alpha value is -1.60. The third-order valence-electron chi connectivity index (χ3n) is 5.06. The SMILES string of the molecule is CCCCN(CCCC)c1ccc(S(=O)(=O)N2CCCCC2)cc1C(=O)O. The first-order valence-corrected chi connectivity index (χ1v) is 11.5. The Bertz CT molecular complexity index is 719. The van der Waals surface area contributed by atoms with Crippen molar-refractivity contribution in [3.05, 3.63) is 23.8 Å². The van der Waals surface area contributed by atoms with Gasteiger partial charge in [0.1, 0.15) is 0 Å². The van der Waals surface area contributed by atoms with Crippen molar-refractivity contribution >= 4 is 21.7 Å². The number of carbonyl (C=O) groups is 1. The summed E-state index contributed by atoms with van der Waals surface area (Å²) in [6.45, 7) is 6.76. The fourth-order valence-electron chi connectivity index (χ4n) is 3.43. The van der Waals surface area contributed by atoms with E-state index in [9.17, 15) is 18.3 Å². The van der Waals surface area contributed by atoms with E-state index in [4.69, 9.17) is 0 Å². The van der Waals surface area contributed by atoms with E-state index in [1.165, 1.54) is 10.4 Å². The van der Waals surface area contributed by atoms with Gasteiger partial charge in [-0.05, 0) is 43.9 Å². The van der Waals surface area contributed by atoms with Crippen molar-refractivity contribution in [3.63, 3.8) is 0 Å². The second kappa shape index (κ2) is 10.1. The standard InChI is InChI=1S/C20H32N2O4S/c1-3-5-12-21(13-6-4-2)19-11-10-17(16-18(19)20(23)24)27(25,26)22-14-8-7-9-15-22/h10-11,16H,3-9,12-15H2,1-2H3,(H,23,24). The summed E-state index contributed by atoms with van der Waals surface area (Å²) < 4.78 is 27.3. The summed E-state index contributed by atoms with van der Waals surface area (Å²) in [5, 5.41) is 9.73. The average Bonchev–Trinajstić information content (AvgIpc) is 2.68. The number of carboxylic acids is 1. The second-order valence-corrected chi connectivity index (χ2v) is 9.08. The normalized spacial score (nSPS) is 15.6. The molecule has 27 heavy (non-hydrogen) atoms. The van der Waals surface area contributed by atoms with E-state index in [1.54, 1.807) is 12.1 Å². The molecule has 1 N–H and O–H groups in total. The van der Waals surface area contributed by atoms with Crippen LogP contribution in [0.25, 0.3) is 0 Å². The van der Waals surface area contributed by atoms with Crippen molar-refractivity contribution < 1.29 is 18.3 Å². The van der Waals surface area contributed by atoms with E-state index in [0.717, 1.165) is 58.0 Å². The molecule has 2 rings (SSSR count). The number of unbranched alkanes of at least 4 members (excludes halogenated alkanes) is 2. The van der Waals surface area contributed by atoms with Crippen LogP contribution in [0.5, 0.6) is 0 Å². The van der Waals surface area contributed by atoms with Crippen LogP contribution in [0.15, 0.2) is 23.1 Å². The van der Waals surface area contributed by atoms with Crippen LogP contribution < -0.4 is 4.90 Å². The Morgan fingerprint density at radius 3 is 2.19 bits per heavy atom. The van der Waals surface area contributed by atoms with Gasteiger partial charge in [-0.25, -0.2) is 13.2 Å². The summed E-state index contributed by atoms with van der Waals surface area (Å²) >= 11 is 0. The molecular formula is C20H32N2O4S. The molecule has 152 valence electrons. The lowest BCUT2D eigenvalue weighted by Crippen LogP contribution is -2.35. The van der Waals surface area contributed by atoms with Crippen LogP contribution in [0, 0.1) is 0 Å². The molecule has 0 radical (unpaired) electrons. The second-order valence-electron chi connectivity index (χ2n) is 7.14. The number of anilines is 1. The van der Waals surface area contributed by atoms with E-state index < -0.39 is 16.0 Å². The maximum atomic E-state index is 12.9. The fraction of sp³-hybridized carbons (Fsp3) is 0.650. The number of carboxylic acid groups (broad SMARTS) is 1. The zero-order chi connectivity index (χ0) is 19.9. The number of nitrogens with zero attached hydrogens (tertiary/aromatic N) is 2. The number of aromatic carboxylic acids is 1. The van der Waals surface area contributed by atoms with E-state index in [-0.39, 0.29) is 10.5 Å². The minimum absolute atomic E-state index is 0.0697. The first-order valence-electron chi connectivity index (χ1n) is 10.0. The molecule has 0 aromatic heterocycles. The quantitative estimate of drug-likeness (QED) is 0.647. The van der Waals surface area contributed by atoms with Crippen molar-refractivity contribution in [1.82, 2.24) is 4.31 Å². The van der Waals surface area contributed by atoms with E-state index in [1.807, 2.05) is 0 Å². The van der Waals surface area contributed by atoms with Gasteiger partial charge in [-0.2, -0.15) is 4.31 Å². The first kappa shape index (κ1) is 21.7. The van der Waals surface area contributed by atoms with Crippen LogP contribution >= 0.6 is 0 Å². The molecule has 0 atom stereocenters. The summed E-state index contributed by atoms with van der Waals surface area (Å²) in [7, 11) is -3.64. The smallest absolute Gasteiger partial charge is 0.337 e. The summed E-state index contributed by atoms with van der Waals surface area (Å²) in [6, 6.07) is 4.58. The maximum Gasteiger partial charge on any atom is 0.337 e. The minimum Gasteiger partial charge on any atom is -0.478 e. The molecule has 1 saturated heterocycles. The largest absolute Gasteiger partial charge is 0.478 e. The van der Waals surface area contributed by atoms with Gasteiger partial charge >= 0.3 is 5.97 Å². The van der Waals surface area contributed by atoms with Crippen molar-refractivity contribution in [2.24, 2.45) is 0 Å². The molecule has 0 aliphatic carbocycles. The molecular weight excluding hydrogens is 364 g/mol. The highest BCUT2D eigenvalue weighted by Gasteiger charge is 2.28. The van der Waals surface area contributed by atoms with Gasteiger partial charge in [-0.15, -0.1) is 0 Å². The summed E-state index contributed by atoms with van der Waals surface area (Å²) in [4.78, 5) is 14.1. The van der Waals surface area contributed by atoms with Gasteiger partial charge in [0.05, 0.1) is 16.1 Å². The Kier molecular flexibility index (Phi) is 8.10. The highest BCUT2D eigenvalue weighted by molar-refractivity contribution is 7.89. The fourth-order valence-corrected chi connectivity index (χ4v) is 4.97. The highest BCUT2D eigenvalue weighted by atomic mass is 32.2. The zero-order valence-electron chi connectivity index (χ0n) is 16.5. The minimum atomic E-state index is -3.64. The number of piperidine rings is 1. The highest BCUT2D eigenvalue weighted by Crippen LogP contribution is 2.28. The van der Waals surface area contributed by atoms with E-state index in [2.05, 4.69) is 18.7 Å². The molecule has 0 amide bonds. The Labute approximate surface area is 163 Å². The molecule has 0 bridgehead atoms. The molecule has 1 aliphatic rings. The molecule has 1 aromatic carbocycles. The summed E-state index contributed by atoms with van der Waals surface area (Å²) in [5.41, 5.74) is 0.683. The first-order chi connectivity index (χ1) is 12.9. The van der Waals surface area contributed by atoms with Crippen LogP contribution in [0.4, 0.5) is 5.69 Å². The monoisotopic (exact) mass is 396 g/mol. The van der Waals surface area contributed by atoms with Crippen LogP contribution in [0.2, 0.25) is 0 Å². The third kappa shape index (κ3) is 5.45. The topological polar surface area (TPSA) is 77.9 Å². The predicted molar refractivity (Wildman–Crippen MR) is 108 cm³/mol. The molecule has 1 heterocycles. The van der Waals surface area contributed by atoms with Gasteiger partial charge in [0, 0.05) is 26.2 Å². The number of hydrogen-bond donors (Lipinski definition) is 1. The van der Waals surface area contributed by atoms with Gasteiger partial charge in [-0.1, -0.05) is 33.1 Å². The third-order valence-corrected chi connectivity index (χ3v) is 6.95. The number of benzene rings is 1. The lowest BCUT2D eigenvalue weighted by molar-refractivity contribution is 0.0697. The number of rotatable bonds is 10. The molecule has 0 unspecified atom stereocenters. The molecule has 1 fully saturated rings. The lowest BCUT2D eigenvalue weighted by Gasteiger charge is -2.28. The molecule has 0 spiro atoms. The van der Waals surface area contributed by atoms with Gasteiger partial charge < -0.3 is 10.0 Å². The summed E-state index contributed by atoms with van der Waals surface area (Å²) in [6.07, 6.45) is 6.72. The number of hydrogen-bond acceptors (Lipinski definition) is 4. The molecule has 1 aromatic rings. The Morgan fingerprint density at radius 1 is 1.07 bits per heavy atom. The van der Waals surface area contributed by atoms with Crippen LogP contribution in [-0.4, -0.2) is 50.0 Å². The van der Waals surface area contributed by atoms with Crippen molar-refractivity contribution in [2.45, 2.75) is 63.7 Å². The molecule has 7 heteroatoms. The zero-order valence-corrected chi connectivity index (χ0v) is 17.3. The van der Waals surface area contributed by atoms with Gasteiger partial charge in [0.25, 0.3) is 0 Å². The number of sulfonamides is 1. The van der Waals surface area contributed by atoms with Gasteiger partial charge in [0.15, 0.2) is 0 Å². The van der Waals surface area contributed by atoms with Gasteiger partial charge in [0.2, 0.25) is 10.0 Å². The van der Waals surface area contributed by atoms with Crippen molar-refractivity contribution in [3.8, 4) is 0 Å². The Balaban J connectivity index is 2.38. The van der Waals surface area contributed by atoms with E-state index >= 15 is 0 Å². The van der Waals surface area contributed by atoms with Crippen molar-refractivity contribution in [2.75, 3.05) is 31.1 Å². The predicted octanol–water partition coefficient (Wildman–Crippen LogP) is 3.97.